The van der Waals surface area contributed by atoms with Crippen LogP contribution >= 0.6 is 0 Å². The molecule has 0 fully saturated rings. The molecule has 250 valence electrons. The van der Waals surface area contributed by atoms with Gasteiger partial charge in [-0.3, -0.25) is 0 Å². The van der Waals surface area contributed by atoms with Gasteiger partial charge in [0.25, 0.3) is 0 Å². The van der Waals surface area contributed by atoms with Gasteiger partial charge in [0.05, 0.1) is 0 Å². The molecule has 9 rings (SSSR count). The number of benzene rings is 9. The highest BCUT2D eigenvalue weighted by Crippen LogP contribution is 2.40. The second-order valence-corrected chi connectivity index (χ2v) is 13.4. The molecule has 0 aliphatic rings. The van der Waals surface area contributed by atoms with E-state index in [1.807, 2.05) is 0 Å². The molecule has 0 atom stereocenters. The fourth-order valence-corrected chi connectivity index (χ4v) is 7.44. The molecule has 9 aromatic carbocycles. The van der Waals surface area contributed by atoms with E-state index in [0.29, 0.717) is 0 Å². The summed E-state index contributed by atoms with van der Waals surface area (Å²) < 4.78 is 0. The van der Waals surface area contributed by atoms with E-state index in [9.17, 15) is 0 Å². The Morgan fingerprint density at radius 1 is 0.226 bits per heavy atom. The molecule has 0 saturated heterocycles. The molecule has 0 aromatic heterocycles. The lowest BCUT2D eigenvalue weighted by Gasteiger charge is -2.26. The average Bonchev–Trinajstić information content (AvgIpc) is 3.25. The monoisotopic (exact) mass is 675 g/mol. The van der Waals surface area contributed by atoms with E-state index in [-0.39, 0.29) is 0 Å². The van der Waals surface area contributed by atoms with Crippen molar-refractivity contribution < 1.29 is 0 Å². The predicted octanol–water partition coefficient (Wildman–Crippen LogP) is 14.6. The van der Waals surface area contributed by atoms with Crippen LogP contribution in [0.25, 0.3) is 66.4 Å². The standard InChI is InChI=1S/C52H37N/c1-3-14-38(15-4-1)39-28-32-46(33-29-39)53(47-34-30-42(31-35-47)51-26-10-9-25-49(51)40-16-5-2-6-17-40)48-23-12-21-44(37-48)43-20-11-22-45(36-43)52-27-13-19-41-18-7-8-24-50(41)52/h1-37H. The molecule has 9 aromatic rings. The van der Waals surface area contributed by atoms with E-state index in [0.717, 1.165) is 17.1 Å². The van der Waals surface area contributed by atoms with Crippen molar-refractivity contribution in [2.24, 2.45) is 0 Å². The van der Waals surface area contributed by atoms with Crippen LogP contribution in [0.2, 0.25) is 0 Å². The molecule has 0 spiro atoms. The van der Waals surface area contributed by atoms with Crippen molar-refractivity contribution >= 4 is 27.8 Å². The Labute approximate surface area is 311 Å². The number of fused-ring (bicyclic) bond motifs is 1. The van der Waals surface area contributed by atoms with Crippen LogP contribution in [-0.2, 0) is 0 Å². The Bertz CT molecular complexity index is 2640. The Morgan fingerprint density at radius 2 is 0.660 bits per heavy atom. The lowest BCUT2D eigenvalue weighted by Crippen LogP contribution is -2.10. The highest BCUT2D eigenvalue weighted by atomic mass is 15.1. The zero-order valence-electron chi connectivity index (χ0n) is 29.3. The predicted molar refractivity (Wildman–Crippen MR) is 226 cm³/mol. The number of nitrogens with zero attached hydrogens (tertiary/aromatic N) is 1. The third-order valence-electron chi connectivity index (χ3n) is 10.1. The van der Waals surface area contributed by atoms with Crippen molar-refractivity contribution in [1.29, 1.82) is 0 Å². The summed E-state index contributed by atoms with van der Waals surface area (Å²) in [6.45, 7) is 0. The third kappa shape index (κ3) is 6.53. The molecular weight excluding hydrogens is 639 g/mol. The average molecular weight is 676 g/mol. The number of rotatable bonds is 8. The molecule has 0 aliphatic heterocycles. The fraction of sp³-hybridized carbons (Fsp3) is 0. The van der Waals surface area contributed by atoms with Gasteiger partial charge < -0.3 is 4.90 Å². The Kier molecular flexibility index (Phi) is 8.66. The lowest BCUT2D eigenvalue weighted by molar-refractivity contribution is 1.28. The van der Waals surface area contributed by atoms with Crippen LogP contribution in [0.3, 0.4) is 0 Å². The first-order valence-electron chi connectivity index (χ1n) is 18.2. The van der Waals surface area contributed by atoms with Gasteiger partial charge in [-0.25, -0.2) is 0 Å². The second kappa shape index (κ2) is 14.3. The summed E-state index contributed by atoms with van der Waals surface area (Å²) in [6, 6.07) is 80.8. The van der Waals surface area contributed by atoms with Crippen molar-refractivity contribution in [3.63, 3.8) is 0 Å². The molecule has 1 heteroatoms. The van der Waals surface area contributed by atoms with E-state index >= 15 is 0 Å². The summed E-state index contributed by atoms with van der Waals surface area (Å²) in [4.78, 5) is 2.36. The van der Waals surface area contributed by atoms with Gasteiger partial charge in [0, 0.05) is 17.1 Å². The SMILES string of the molecule is c1ccc(-c2ccc(N(c3ccc(-c4ccccc4-c4ccccc4)cc3)c3cccc(-c4cccc(-c5cccc6ccccc56)c4)c3)cc2)cc1. The van der Waals surface area contributed by atoms with Crippen LogP contribution in [-0.4, -0.2) is 0 Å². The molecule has 0 saturated carbocycles. The second-order valence-electron chi connectivity index (χ2n) is 13.4. The van der Waals surface area contributed by atoms with Gasteiger partial charge in [-0.1, -0.05) is 182 Å². The maximum absolute atomic E-state index is 2.36. The summed E-state index contributed by atoms with van der Waals surface area (Å²) in [5, 5.41) is 2.52. The smallest absolute Gasteiger partial charge is 0.0467 e. The number of hydrogen-bond donors (Lipinski definition) is 0. The van der Waals surface area contributed by atoms with Crippen LogP contribution in [0.4, 0.5) is 17.1 Å². The van der Waals surface area contributed by atoms with Crippen molar-refractivity contribution in [2.75, 3.05) is 4.90 Å². The highest BCUT2D eigenvalue weighted by Gasteiger charge is 2.16. The van der Waals surface area contributed by atoms with Crippen LogP contribution in [0.15, 0.2) is 224 Å². The van der Waals surface area contributed by atoms with E-state index < -0.39 is 0 Å². The first kappa shape index (κ1) is 32.0. The Hall–Kier alpha value is -6.96. The van der Waals surface area contributed by atoms with E-state index in [4.69, 9.17) is 0 Å². The molecule has 0 aliphatic carbocycles. The normalized spacial score (nSPS) is 11.0. The quantitative estimate of drug-likeness (QED) is 0.155. The Balaban J connectivity index is 1.12. The van der Waals surface area contributed by atoms with Crippen LogP contribution < -0.4 is 4.90 Å². The number of anilines is 3. The van der Waals surface area contributed by atoms with Crippen molar-refractivity contribution in [2.45, 2.75) is 0 Å². The van der Waals surface area contributed by atoms with E-state index in [1.54, 1.807) is 0 Å². The summed E-state index contributed by atoms with van der Waals surface area (Å²) in [5.41, 5.74) is 15.4. The number of hydrogen-bond acceptors (Lipinski definition) is 1. The van der Waals surface area contributed by atoms with Gasteiger partial charge in [-0.2, -0.15) is 0 Å². The molecule has 0 unspecified atom stereocenters. The van der Waals surface area contributed by atoms with Gasteiger partial charge in [-0.15, -0.1) is 0 Å². The largest absolute Gasteiger partial charge is 0.310 e. The zero-order valence-corrected chi connectivity index (χ0v) is 29.3. The van der Waals surface area contributed by atoms with Gasteiger partial charge >= 0.3 is 0 Å². The summed E-state index contributed by atoms with van der Waals surface area (Å²) in [6.07, 6.45) is 0. The minimum atomic E-state index is 1.10. The molecule has 1 nitrogen and oxygen atoms in total. The van der Waals surface area contributed by atoms with Crippen molar-refractivity contribution in [1.82, 2.24) is 0 Å². The molecular formula is C52H37N. The summed E-state index contributed by atoms with van der Waals surface area (Å²) in [7, 11) is 0. The van der Waals surface area contributed by atoms with E-state index in [2.05, 4.69) is 229 Å². The first-order chi connectivity index (χ1) is 26.3. The van der Waals surface area contributed by atoms with Crippen molar-refractivity contribution in [3.05, 3.63) is 224 Å². The maximum atomic E-state index is 2.36. The molecule has 53 heavy (non-hydrogen) atoms. The summed E-state index contributed by atoms with van der Waals surface area (Å²) >= 11 is 0. The third-order valence-corrected chi connectivity index (χ3v) is 10.1. The fourth-order valence-electron chi connectivity index (χ4n) is 7.44. The first-order valence-corrected chi connectivity index (χ1v) is 18.2. The van der Waals surface area contributed by atoms with Crippen molar-refractivity contribution in [3.8, 4) is 55.6 Å². The van der Waals surface area contributed by atoms with Crippen LogP contribution in [0.5, 0.6) is 0 Å². The highest BCUT2D eigenvalue weighted by molar-refractivity contribution is 5.97. The minimum Gasteiger partial charge on any atom is -0.310 e. The molecule has 0 N–H and O–H groups in total. The molecule has 0 heterocycles. The molecule has 0 amide bonds. The van der Waals surface area contributed by atoms with Gasteiger partial charge in [0.15, 0.2) is 0 Å². The molecule has 0 radical (unpaired) electrons. The zero-order chi connectivity index (χ0) is 35.4. The molecule has 0 bridgehead atoms. The topological polar surface area (TPSA) is 3.24 Å². The van der Waals surface area contributed by atoms with Gasteiger partial charge in [-0.05, 0) is 109 Å². The van der Waals surface area contributed by atoms with E-state index in [1.165, 1.54) is 66.4 Å². The van der Waals surface area contributed by atoms with Gasteiger partial charge in [0.1, 0.15) is 0 Å². The summed E-state index contributed by atoms with van der Waals surface area (Å²) in [5.74, 6) is 0. The Morgan fingerprint density at radius 3 is 1.36 bits per heavy atom. The van der Waals surface area contributed by atoms with Gasteiger partial charge in [0.2, 0.25) is 0 Å². The minimum absolute atomic E-state index is 1.10. The lowest BCUT2D eigenvalue weighted by atomic mass is 9.94. The van der Waals surface area contributed by atoms with Crippen LogP contribution in [0.1, 0.15) is 0 Å². The maximum Gasteiger partial charge on any atom is 0.0467 e. The van der Waals surface area contributed by atoms with Crippen LogP contribution in [0, 0.1) is 0 Å².